The molecule has 138 valence electrons. The average molecular weight is 379 g/mol. The van der Waals surface area contributed by atoms with E-state index in [4.69, 9.17) is 21.1 Å². The summed E-state index contributed by atoms with van der Waals surface area (Å²) in [6, 6.07) is 6.08. The highest BCUT2D eigenvalue weighted by atomic mass is 35.5. The molecule has 0 bridgehead atoms. The summed E-state index contributed by atoms with van der Waals surface area (Å²) >= 11 is 6.61. The summed E-state index contributed by atoms with van der Waals surface area (Å²) in [7, 11) is 1.56. The van der Waals surface area contributed by atoms with Gasteiger partial charge in [0.25, 0.3) is 0 Å². The van der Waals surface area contributed by atoms with E-state index >= 15 is 0 Å². The van der Waals surface area contributed by atoms with Crippen LogP contribution in [-0.2, 0) is 6.54 Å². The summed E-state index contributed by atoms with van der Waals surface area (Å²) in [6.45, 7) is 3.80. The lowest BCUT2D eigenvalue weighted by atomic mass is 10.00. The lowest BCUT2D eigenvalue weighted by Crippen LogP contribution is -2.52. The fraction of sp³-hybridized carbons (Fsp3) is 0.368. The number of piperazine rings is 1. The highest BCUT2D eigenvalue weighted by molar-refractivity contribution is 6.35. The number of phenols is 1. The molecule has 0 aliphatic carbocycles. The van der Waals surface area contributed by atoms with Crippen molar-refractivity contribution >= 4 is 11.6 Å². The quantitative estimate of drug-likeness (QED) is 0.841. The Balaban J connectivity index is 1.87. The average Bonchev–Trinajstić information content (AvgIpc) is 2.83. The number of fused-ring (bicyclic) bond motifs is 2. The summed E-state index contributed by atoms with van der Waals surface area (Å²) in [5.74, 6) is 0.340. The summed E-state index contributed by atoms with van der Waals surface area (Å²) in [5, 5.41) is 13.8. The van der Waals surface area contributed by atoms with Gasteiger partial charge < -0.3 is 19.9 Å². The largest absolute Gasteiger partial charge is 0.507 e. The van der Waals surface area contributed by atoms with E-state index < -0.39 is 5.82 Å². The number of phenolic OH excluding ortho intramolecular Hbond substituents is 1. The van der Waals surface area contributed by atoms with Crippen LogP contribution in [0.3, 0.4) is 0 Å². The molecule has 1 atom stereocenters. The van der Waals surface area contributed by atoms with Gasteiger partial charge in [-0.05, 0) is 18.2 Å². The van der Waals surface area contributed by atoms with Crippen LogP contribution in [0.25, 0.3) is 11.1 Å². The molecule has 2 aliphatic rings. The van der Waals surface area contributed by atoms with Gasteiger partial charge in [0.1, 0.15) is 29.7 Å². The number of ether oxygens (including phenoxy) is 2. The van der Waals surface area contributed by atoms with Crippen molar-refractivity contribution in [1.29, 1.82) is 0 Å². The minimum absolute atomic E-state index is 0.0471. The second-order valence-electron chi connectivity index (χ2n) is 6.52. The lowest BCUT2D eigenvalue weighted by Gasteiger charge is -2.33. The standard InChI is InChI=1S/C19H20ClFN2O3/c1-25-16-7-12(17-14(21)3-2-4-15(17)24)18(20)19-13(16)9-23-6-5-22-8-11(23)10-26-19/h2-4,7,11,22,24H,5-6,8-10H2,1H3. The molecule has 1 fully saturated rings. The minimum Gasteiger partial charge on any atom is -0.507 e. The van der Waals surface area contributed by atoms with Crippen LogP contribution >= 0.6 is 11.6 Å². The SMILES string of the molecule is COc1cc(-c2c(O)cccc2F)c(Cl)c2c1CN1CCNCC1CO2. The van der Waals surface area contributed by atoms with Crippen LogP contribution < -0.4 is 14.8 Å². The third kappa shape index (κ3) is 2.88. The first-order chi connectivity index (χ1) is 12.6. The van der Waals surface area contributed by atoms with E-state index in [9.17, 15) is 9.50 Å². The number of methoxy groups -OCH3 is 1. The molecule has 0 amide bonds. The van der Waals surface area contributed by atoms with Gasteiger partial charge in [-0.1, -0.05) is 17.7 Å². The molecule has 26 heavy (non-hydrogen) atoms. The molecule has 0 radical (unpaired) electrons. The summed E-state index contributed by atoms with van der Waals surface area (Å²) < 4.78 is 26.0. The molecule has 2 heterocycles. The van der Waals surface area contributed by atoms with Gasteiger partial charge >= 0.3 is 0 Å². The topological polar surface area (TPSA) is 54.0 Å². The van der Waals surface area contributed by atoms with Crippen molar-refractivity contribution in [3.63, 3.8) is 0 Å². The smallest absolute Gasteiger partial charge is 0.146 e. The van der Waals surface area contributed by atoms with Crippen molar-refractivity contribution < 1.29 is 19.0 Å². The Bertz CT molecular complexity index is 826. The van der Waals surface area contributed by atoms with Crippen molar-refractivity contribution in [1.82, 2.24) is 10.2 Å². The van der Waals surface area contributed by atoms with Gasteiger partial charge in [-0.2, -0.15) is 0 Å². The van der Waals surface area contributed by atoms with Crippen LogP contribution in [0.4, 0.5) is 4.39 Å². The summed E-state index contributed by atoms with van der Waals surface area (Å²) in [5.41, 5.74) is 1.25. The zero-order valence-electron chi connectivity index (χ0n) is 14.4. The molecule has 1 saturated heterocycles. The number of nitrogens with one attached hydrogen (secondary N) is 1. The van der Waals surface area contributed by atoms with E-state index in [-0.39, 0.29) is 22.4 Å². The number of hydrogen-bond acceptors (Lipinski definition) is 5. The van der Waals surface area contributed by atoms with Gasteiger partial charge in [0, 0.05) is 31.7 Å². The minimum atomic E-state index is -0.552. The van der Waals surface area contributed by atoms with Gasteiger partial charge in [0.05, 0.1) is 29.3 Å². The maximum absolute atomic E-state index is 14.4. The Kier molecular flexibility index (Phi) is 4.65. The molecule has 5 nitrogen and oxygen atoms in total. The Hall–Kier alpha value is -2.02. The fourth-order valence-electron chi connectivity index (χ4n) is 3.65. The van der Waals surface area contributed by atoms with Crippen molar-refractivity contribution in [3.05, 3.63) is 40.7 Å². The highest BCUT2D eigenvalue weighted by Gasteiger charge is 2.31. The Labute approximate surface area is 156 Å². The van der Waals surface area contributed by atoms with Crippen LogP contribution in [-0.4, -0.2) is 49.4 Å². The first kappa shape index (κ1) is 17.4. The molecule has 0 spiro atoms. The Morgan fingerprint density at radius 1 is 1.42 bits per heavy atom. The fourth-order valence-corrected chi connectivity index (χ4v) is 3.97. The summed E-state index contributed by atoms with van der Waals surface area (Å²) in [6.07, 6.45) is 0. The molecule has 2 aromatic rings. The van der Waals surface area contributed by atoms with E-state index in [1.807, 2.05) is 0 Å². The van der Waals surface area contributed by atoms with Gasteiger partial charge in [-0.15, -0.1) is 0 Å². The summed E-state index contributed by atoms with van der Waals surface area (Å²) in [4.78, 5) is 2.33. The van der Waals surface area contributed by atoms with Crippen LogP contribution in [0.15, 0.2) is 24.3 Å². The van der Waals surface area contributed by atoms with Crippen molar-refractivity contribution in [2.24, 2.45) is 0 Å². The molecule has 4 rings (SSSR count). The zero-order valence-corrected chi connectivity index (χ0v) is 15.1. The zero-order chi connectivity index (χ0) is 18.3. The van der Waals surface area contributed by atoms with Gasteiger partial charge in [-0.25, -0.2) is 4.39 Å². The number of hydrogen-bond donors (Lipinski definition) is 2. The monoisotopic (exact) mass is 378 g/mol. The van der Waals surface area contributed by atoms with Crippen molar-refractivity contribution in [2.45, 2.75) is 12.6 Å². The molecular weight excluding hydrogens is 359 g/mol. The lowest BCUT2D eigenvalue weighted by molar-refractivity contribution is 0.120. The molecule has 7 heteroatoms. The normalized spacial score (nSPS) is 19.9. The number of nitrogens with zero attached hydrogens (tertiary/aromatic N) is 1. The molecule has 0 aromatic heterocycles. The molecular formula is C19H20ClFN2O3. The van der Waals surface area contributed by atoms with Gasteiger partial charge in [0.2, 0.25) is 0 Å². The van der Waals surface area contributed by atoms with E-state index in [0.29, 0.717) is 30.2 Å². The third-order valence-electron chi connectivity index (χ3n) is 5.02. The van der Waals surface area contributed by atoms with Crippen molar-refractivity contribution in [2.75, 3.05) is 33.4 Å². The first-order valence-electron chi connectivity index (χ1n) is 8.55. The maximum atomic E-state index is 14.4. The van der Waals surface area contributed by atoms with Crippen LogP contribution in [0.1, 0.15) is 5.56 Å². The Morgan fingerprint density at radius 3 is 3.04 bits per heavy atom. The van der Waals surface area contributed by atoms with E-state index in [0.717, 1.165) is 25.2 Å². The predicted octanol–water partition coefficient (Wildman–Crippen LogP) is 3.03. The van der Waals surface area contributed by atoms with E-state index in [2.05, 4.69) is 10.2 Å². The van der Waals surface area contributed by atoms with E-state index in [1.54, 1.807) is 13.2 Å². The number of rotatable bonds is 2. The van der Waals surface area contributed by atoms with Gasteiger partial charge in [0.15, 0.2) is 0 Å². The second-order valence-corrected chi connectivity index (χ2v) is 6.90. The second kappa shape index (κ2) is 6.95. The predicted molar refractivity (Wildman–Crippen MR) is 97.6 cm³/mol. The number of aromatic hydroxyl groups is 1. The molecule has 0 saturated carbocycles. The maximum Gasteiger partial charge on any atom is 0.146 e. The third-order valence-corrected chi connectivity index (χ3v) is 5.39. The van der Waals surface area contributed by atoms with Crippen LogP contribution in [0.2, 0.25) is 5.02 Å². The molecule has 2 N–H and O–H groups in total. The first-order valence-corrected chi connectivity index (χ1v) is 8.92. The number of halogens is 2. The van der Waals surface area contributed by atoms with Crippen molar-refractivity contribution in [3.8, 4) is 28.4 Å². The van der Waals surface area contributed by atoms with Crippen LogP contribution in [0, 0.1) is 5.82 Å². The Morgan fingerprint density at radius 2 is 2.27 bits per heavy atom. The molecule has 2 aromatic carbocycles. The van der Waals surface area contributed by atoms with Gasteiger partial charge in [-0.3, -0.25) is 4.90 Å². The van der Waals surface area contributed by atoms with Crippen LogP contribution in [0.5, 0.6) is 17.2 Å². The molecule has 2 aliphatic heterocycles. The highest BCUT2D eigenvalue weighted by Crippen LogP contribution is 2.47. The number of benzene rings is 2. The van der Waals surface area contributed by atoms with E-state index in [1.165, 1.54) is 18.2 Å². The molecule has 1 unspecified atom stereocenters.